The topological polar surface area (TPSA) is 102 Å². The van der Waals surface area contributed by atoms with Crippen LogP contribution in [0.15, 0.2) is 15.9 Å². The summed E-state index contributed by atoms with van der Waals surface area (Å²) < 4.78 is 10.9. The summed E-state index contributed by atoms with van der Waals surface area (Å²) in [5.74, 6) is 4.34. The molecule has 184 valence electrons. The molecule has 6 aliphatic rings. The first-order valence-corrected chi connectivity index (χ1v) is 13.7. The van der Waals surface area contributed by atoms with Crippen LogP contribution in [0.1, 0.15) is 70.8 Å². The highest BCUT2D eigenvalue weighted by molar-refractivity contribution is 7.99. The number of fused-ring (bicyclic) bond motifs is 1. The van der Waals surface area contributed by atoms with E-state index in [1.165, 1.54) is 44.1 Å². The van der Waals surface area contributed by atoms with Crippen molar-refractivity contribution in [2.24, 2.45) is 39.2 Å². The Morgan fingerprint density at radius 1 is 1.18 bits per heavy atom. The van der Waals surface area contributed by atoms with E-state index in [-0.39, 0.29) is 22.7 Å². The average molecular weight is 487 g/mol. The van der Waals surface area contributed by atoms with Crippen molar-refractivity contribution in [2.45, 2.75) is 75.5 Å². The summed E-state index contributed by atoms with van der Waals surface area (Å²) in [6, 6.07) is 0.240. The van der Waals surface area contributed by atoms with Gasteiger partial charge in [0.05, 0.1) is 23.3 Å². The van der Waals surface area contributed by atoms with Crippen molar-refractivity contribution in [1.82, 2.24) is 19.7 Å². The number of nitrogens with zero attached hydrogens (tertiary/aromatic N) is 6. The van der Waals surface area contributed by atoms with Gasteiger partial charge in [-0.3, -0.25) is 4.79 Å². The minimum atomic E-state index is -0.116. The number of aromatic nitrogens is 3. The minimum absolute atomic E-state index is 0.0622. The lowest BCUT2D eigenvalue weighted by Gasteiger charge is -2.59. The molecular weight excluding hydrogens is 452 g/mol. The van der Waals surface area contributed by atoms with E-state index >= 15 is 0 Å². The largest absolute Gasteiger partial charge is 0.465 e. The number of hydrogen-bond acceptors (Lipinski definition) is 9. The maximum absolute atomic E-state index is 12.9. The van der Waals surface area contributed by atoms with Crippen LogP contribution in [-0.2, 0) is 9.53 Å². The smallest absolute Gasteiger partial charge is 0.309 e. The van der Waals surface area contributed by atoms with Gasteiger partial charge in [0.1, 0.15) is 12.2 Å². The van der Waals surface area contributed by atoms with Crippen molar-refractivity contribution in [3.63, 3.8) is 0 Å². The van der Waals surface area contributed by atoms with Gasteiger partial charge in [-0.25, -0.2) is 4.68 Å². The molecule has 4 saturated carbocycles. The van der Waals surface area contributed by atoms with Crippen molar-refractivity contribution in [2.75, 3.05) is 19.7 Å². The predicted octanol–water partition coefficient (Wildman–Crippen LogP) is 4.53. The SMILES string of the molecule is CC1CC(N2CCC(C(=O)OCCC3(SN=O)C4CC5CC(C4)CC3C5)CC2)=Nc2ncnn21. The molecule has 0 N–H and O–H groups in total. The highest BCUT2D eigenvalue weighted by atomic mass is 32.2. The minimum Gasteiger partial charge on any atom is -0.465 e. The highest BCUT2D eigenvalue weighted by Gasteiger charge is 2.58. The van der Waals surface area contributed by atoms with Crippen LogP contribution in [0.2, 0.25) is 0 Å². The van der Waals surface area contributed by atoms with E-state index < -0.39 is 0 Å². The molecule has 1 aromatic heterocycles. The number of ether oxygens (including phenoxy) is 1. The molecule has 1 atom stereocenters. The van der Waals surface area contributed by atoms with Crippen LogP contribution >= 0.6 is 11.9 Å². The van der Waals surface area contributed by atoms with Crippen molar-refractivity contribution in [3.8, 4) is 0 Å². The number of rotatable bonds is 6. The van der Waals surface area contributed by atoms with E-state index in [9.17, 15) is 9.70 Å². The van der Waals surface area contributed by atoms with Gasteiger partial charge >= 0.3 is 5.97 Å². The number of carbonyl (C=O) groups is 1. The van der Waals surface area contributed by atoms with Crippen molar-refractivity contribution in [3.05, 3.63) is 11.2 Å². The molecule has 5 fully saturated rings. The Kier molecular flexibility index (Phi) is 5.90. The maximum atomic E-state index is 12.9. The Morgan fingerprint density at radius 2 is 1.88 bits per heavy atom. The summed E-state index contributed by atoms with van der Waals surface area (Å²) in [6.45, 7) is 4.15. The summed E-state index contributed by atoms with van der Waals surface area (Å²) in [5, 5.41) is 4.25. The lowest BCUT2D eigenvalue weighted by atomic mass is 9.51. The number of esters is 1. The van der Waals surface area contributed by atoms with Gasteiger partial charge in [0, 0.05) is 36.0 Å². The first kappa shape index (κ1) is 22.5. The molecule has 2 aliphatic heterocycles. The fourth-order valence-electron chi connectivity index (χ4n) is 7.80. The maximum Gasteiger partial charge on any atom is 0.309 e. The Morgan fingerprint density at radius 3 is 2.56 bits per heavy atom. The monoisotopic (exact) mass is 486 g/mol. The van der Waals surface area contributed by atoms with Gasteiger partial charge in [-0.1, -0.05) is 0 Å². The number of aliphatic imine (C=N–C) groups is 1. The number of amidine groups is 1. The molecule has 7 rings (SSSR count). The second kappa shape index (κ2) is 8.91. The van der Waals surface area contributed by atoms with Crippen LogP contribution in [0.3, 0.4) is 0 Å². The lowest BCUT2D eigenvalue weighted by molar-refractivity contribution is -0.151. The molecule has 4 aliphatic carbocycles. The van der Waals surface area contributed by atoms with Crippen LogP contribution < -0.4 is 0 Å². The molecule has 1 saturated heterocycles. The second-order valence-corrected chi connectivity index (χ2v) is 12.3. The Hall–Kier alpha value is -1.97. The van der Waals surface area contributed by atoms with Crippen LogP contribution in [0.4, 0.5) is 5.95 Å². The third-order valence-corrected chi connectivity index (χ3v) is 10.6. The zero-order valence-corrected chi connectivity index (χ0v) is 20.7. The third-order valence-electron chi connectivity index (χ3n) is 9.34. The Bertz CT molecular complexity index is 944. The summed E-state index contributed by atoms with van der Waals surface area (Å²) in [7, 11) is 0. The highest BCUT2D eigenvalue weighted by Crippen LogP contribution is 2.64. The Labute approximate surface area is 204 Å². The lowest BCUT2D eigenvalue weighted by Crippen LogP contribution is -2.56. The quantitative estimate of drug-likeness (QED) is 0.331. The molecule has 3 heterocycles. The van der Waals surface area contributed by atoms with E-state index in [1.807, 2.05) is 4.68 Å². The summed E-state index contributed by atoms with van der Waals surface area (Å²) in [6.07, 6.45) is 11.0. The van der Waals surface area contributed by atoms with Crippen LogP contribution in [0.5, 0.6) is 0 Å². The zero-order chi connectivity index (χ0) is 23.3. The van der Waals surface area contributed by atoms with Crippen LogP contribution in [-0.4, -0.2) is 55.9 Å². The standard InChI is InChI=1S/C24H34N6O3S/c1-15-8-21(27-23-25-14-26-30(15)23)29-5-2-18(3-6-29)22(31)33-7-4-24(34-28-32)19-10-16-9-17(12-19)13-20(24)11-16/h14-20H,2-13H2,1H3. The van der Waals surface area contributed by atoms with Gasteiger partial charge < -0.3 is 9.64 Å². The molecule has 0 aromatic carbocycles. The molecule has 1 unspecified atom stereocenters. The molecule has 1 aromatic rings. The summed E-state index contributed by atoms with van der Waals surface area (Å²) >= 11 is 1.26. The molecular formula is C24H34N6O3S. The van der Waals surface area contributed by atoms with E-state index in [4.69, 9.17) is 9.73 Å². The van der Waals surface area contributed by atoms with Crippen LogP contribution in [0.25, 0.3) is 0 Å². The molecule has 9 nitrogen and oxygen atoms in total. The van der Waals surface area contributed by atoms with E-state index in [0.717, 1.165) is 56.4 Å². The van der Waals surface area contributed by atoms with Crippen molar-refractivity contribution in [1.29, 1.82) is 0 Å². The van der Waals surface area contributed by atoms with Gasteiger partial charge in [0.2, 0.25) is 5.95 Å². The number of likely N-dealkylation sites (tertiary alicyclic amines) is 1. The number of nitroso groups, excluding NO2 is 1. The summed E-state index contributed by atoms with van der Waals surface area (Å²) in [4.78, 5) is 35.5. The van der Waals surface area contributed by atoms with E-state index in [2.05, 4.69) is 26.5 Å². The van der Waals surface area contributed by atoms with Gasteiger partial charge in [-0.2, -0.15) is 15.1 Å². The Balaban J connectivity index is 1.02. The van der Waals surface area contributed by atoms with Gasteiger partial charge in [-0.05, 0) is 82.0 Å². The number of carbonyl (C=O) groups excluding carboxylic acids is 1. The van der Waals surface area contributed by atoms with Crippen molar-refractivity contribution >= 4 is 29.7 Å². The summed E-state index contributed by atoms with van der Waals surface area (Å²) in [5.41, 5.74) is 0. The molecule has 4 bridgehead atoms. The first-order chi connectivity index (χ1) is 16.6. The molecule has 0 spiro atoms. The fraction of sp³-hybridized carbons (Fsp3) is 0.833. The second-order valence-electron chi connectivity index (χ2n) is 11.2. The van der Waals surface area contributed by atoms with E-state index in [0.29, 0.717) is 24.4 Å². The predicted molar refractivity (Wildman–Crippen MR) is 129 cm³/mol. The third kappa shape index (κ3) is 3.85. The van der Waals surface area contributed by atoms with Crippen molar-refractivity contribution < 1.29 is 9.53 Å². The number of hydrogen-bond donors (Lipinski definition) is 0. The normalized spacial score (nSPS) is 36.8. The fourth-order valence-corrected chi connectivity index (χ4v) is 8.80. The molecule has 34 heavy (non-hydrogen) atoms. The molecule has 0 amide bonds. The first-order valence-electron chi connectivity index (χ1n) is 12.9. The average Bonchev–Trinajstić information content (AvgIpc) is 3.31. The van der Waals surface area contributed by atoms with Gasteiger partial charge in [0.25, 0.3) is 0 Å². The van der Waals surface area contributed by atoms with Gasteiger partial charge in [0.15, 0.2) is 0 Å². The number of piperidine rings is 1. The van der Waals surface area contributed by atoms with E-state index in [1.54, 1.807) is 6.33 Å². The van der Waals surface area contributed by atoms with Gasteiger partial charge in [-0.15, -0.1) is 4.91 Å². The zero-order valence-electron chi connectivity index (χ0n) is 19.8. The van der Waals surface area contributed by atoms with Crippen LogP contribution in [0, 0.1) is 34.5 Å². The molecule has 0 radical (unpaired) electrons. The molecule has 10 heteroatoms.